The van der Waals surface area contributed by atoms with Crippen LogP contribution in [0.5, 0.6) is 5.75 Å². The van der Waals surface area contributed by atoms with E-state index in [1.54, 1.807) is 35.2 Å². The highest BCUT2D eigenvalue weighted by Crippen LogP contribution is 2.32. The predicted molar refractivity (Wildman–Crippen MR) is 90.8 cm³/mol. The minimum atomic E-state index is -1.10. The van der Waals surface area contributed by atoms with Gasteiger partial charge in [0, 0.05) is 30.8 Å². The van der Waals surface area contributed by atoms with Crippen molar-refractivity contribution in [3.8, 4) is 5.75 Å². The number of carbonyl (C=O) groups is 1. The Morgan fingerprint density at radius 2 is 1.84 bits per heavy atom. The van der Waals surface area contributed by atoms with E-state index in [1.807, 2.05) is 13.8 Å². The maximum Gasteiger partial charge on any atom is 0.311 e. The third-order valence-corrected chi connectivity index (χ3v) is 3.77. The van der Waals surface area contributed by atoms with Gasteiger partial charge in [-0.3, -0.25) is 14.9 Å². The zero-order valence-corrected chi connectivity index (χ0v) is 14.0. The van der Waals surface area contributed by atoms with Crippen LogP contribution in [0.3, 0.4) is 0 Å². The molecule has 2 aromatic rings. The van der Waals surface area contributed by atoms with E-state index in [1.165, 1.54) is 0 Å². The average molecular weight is 346 g/mol. The van der Waals surface area contributed by atoms with Gasteiger partial charge in [0.1, 0.15) is 5.82 Å². The zero-order valence-electron chi connectivity index (χ0n) is 14.0. The van der Waals surface area contributed by atoms with Gasteiger partial charge in [0.15, 0.2) is 0 Å². The molecule has 0 bridgehead atoms. The molecule has 6 nitrogen and oxygen atoms in total. The minimum absolute atomic E-state index is 0.278. The predicted octanol–water partition coefficient (Wildman–Crippen LogP) is 3.72. The third kappa shape index (κ3) is 4.32. The van der Waals surface area contributed by atoms with Gasteiger partial charge < -0.3 is 9.64 Å². The van der Waals surface area contributed by atoms with Gasteiger partial charge in [-0.05, 0) is 19.9 Å². The number of halogens is 1. The smallest absolute Gasteiger partial charge is 0.311 e. The standard InChI is InChI=1S/C18H19FN2O4/c1-3-20(4-2)18(22)17(13-8-6-5-7-9-13)25-16-12-14(19)10-11-15(16)21(23)24/h5-12,17H,3-4H2,1-2H3/t17-/m0/s1. The molecule has 2 aromatic carbocycles. The topological polar surface area (TPSA) is 72.7 Å². The van der Waals surface area contributed by atoms with Gasteiger partial charge in [0.25, 0.3) is 5.91 Å². The second kappa shape index (κ2) is 8.23. The second-order valence-electron chi connectivity index (χ2n) is 5.29. The van der Waals surface area contributed by atoms with E-state index in [0.717, 1.165) is 18.2 Å². The molecule has 0 fully saturated rings. The fourth-order valence-electron chi connectivity index (χ4n) is 2.45. The first kappa shape index (κ1) is 18.4. The molecule has 0 unspecified atom stereocenters. The van der Waals surface area contributed by atoms with Crippen molar-refractivity contribution in [2.45, 2.75) is 20.0 Å². The summed E-state index contributed by atoms with van der Waals surface area (Å²) in [4.78, 5) is 24.9. The molecular weight excluding hydrogens is 327 g/mol. The maximum atomic E-state index is 13.6. The molecule has 25 heavy (non-hydrogen) atoms. The van der Waals surface area contributed by atoms with E-state index >= 15 is 0 Å². The molecule has 0 radical (unpaired) electrons. The average Bonchev–Trinajstić information content (AvgIpc) is 2.61. The summed E-state index contributed by atoms with van der Waals surface area (Å²) < 4.78 is 19.2. The van der Waals surface area contributed by atoms with Crippen LogP contribution in [0, 0.1) is 15.9 Å². The molecule has 1 atom stereocenters. The molecule has 0 spiro atoms. The fourth-order valence-corrected chi connectivity index (χ4v) is 2.45. The third-order valence-electron chi connectivity index (χ3n) is 3.77. The number of nitro groups is 1. The normalized spacial score (nSPS) is 11.6. The Balaban J connectivity index is 2.46. The molecule has 1 amide bonds. The number of hydrogen-bond acceptors (Lipinski definition) is 4. The Morgan fingerprint density at radius 3 is 2.40 bits per heavy atom. The Hall–Kier alpha value is -2.96. The number of carbonyl (C=O) groups excluding carboxylic acids is 1. The Labute approximate surface area is 145 Å². The summed E-state index contributed by atoms with van der Waals surface area (Å²) in [6.45, 7) is 4.59. The van der Waals surface area contributed by atoms with Crippen molar-refractivity contribution in [2.24, 2.45) is 0 Å². The summed E-state index contributed by atoms with van der Waals surface area (Å²) in [5.41, 5.74) is 0.146. The van der Waals surface area contributed by atoms with E-state index < -0.39 is 22.5 Å². The van der Waals surface area contributed by atoms with Crippen molar-refractivity contribution in [3.05, 3.63) is 70.0 Å². The fraction of sp³-hybridized carbons (Fsp3) is 0.278. The highest BCUT2D eigenvalue weighted by Gasteiger charge is 2.29. The largest absolute Gasteiger partial charge is 0.468 e. The van der Waals surface area contributed by atoms with Crippen LogP contribution >= 0.6 is 0 Å². The second-order valence-corrected chi connectivity index (χ2v) is 5.29. The number of nitrogens with zero attached hydrogens (tertiary/aromatic N) is 2. The monoisotopic (exact) mass is 346 g/mol. The lowest BCUT2D eigenvalue weighted by Crippen LogP contribution is -2.37. The molecular formula is C18H19FN2O4. The van der Waals surface area contributed by atoms with Crippen molar-refractivity contribution in [1.29, 1.82) is 0 Å². The first-order valence-corrected chi connectivity index (χ1v) is 7.92. The molecule has 0 saturated carbocycles. The van der Waals surface area contributed by atoms with E-state index in [-0.39, 0.29) is 11.7 Å². The SMILES string of the molecule is CCN(CC)C(=O)[C@@H](Oc1cc(F)ccc1[N+](=O)[O-])c1ccccc1. The van der Waals surface area contributed by atoms with Gasteiger partial charge in [0.2, 0.25) is 11.9 Å². The summed E-state index contributed by atoms with van der Waals surface area (Å²) in [5.74, 6) is -1.29. The summed E-state index contributed by atoms with van der Waals surface area (Å²) in [5, 5.41) is 11.2. The van der Waals surface area contributed by atoms with Crippen LogP contribution in [0.4, 0.5) is 10.1 Å². The number of amides is 1. The van der Waals surface area contributed by atoms with Crippen LogP contribution in [0.15, 0.2) is 48.5 Å². The van der Waals surface area contributed by atoms with Gasteiger partial charge >= 0.3 is 5.69 Å². The van der Waals surface area contributed by atoms with Gasteiger partial charge in [-0.2, -0.15) is 0 Å². The molecule has 0 N–H and O–H groups in total. The van der Waals surface area contributed by atoms with Gasteiger partial charge in [-0.25, -0.2) is 4.39 Å². The highest BCUT2D eigenvalue weighted by molar-refractivity contribution is 5.82. The Bertz CT molecular complexity index is 748. The van der Waals surface area contributed by atoms with Crippen molar-refractivity contribution in [3.63, 3.8) is 0 Å². The lowest BCUT2D eigenvalue weighted by molar-refractivity contribution is -0.386. The lowest BCUT2D eigenvalue weighted by atomic mass is 10.1. The first-order valence-electron chi connectivity index (χ1n) is 7.92. The van der Waals surface area contributed by atoms with Crippen LogP contribution in [0.2, 0.25) is 0 Å². The Kier molecular flexibility index (Phi) is 6.05. The van der Waals surface area contributed by atoms with E-state index in [0.29, 0.717) is 18.7 Å². The number of nitro benzene ring substituents is 1. The number of ether oxygens (including phenoxy) is 1. The summed E-state index contributed by atoms with van der Waals surface area (Å²) in [7, 11) is 0. The molecule has 2 rings (SSSR count). The summed E-state index contributed by atoms with van der Waals surface area (Å²) in [6, 6.07) is 11.6. The van der Waals surface area contributed by atoms with Gasteiger partial charge in [0.05, 0.1) is 4.92 Å². The van der Waals surface area contributed by atoms with Crippen LogP contribution in [0.25, 0.3) is 0 Å². The van der Waals surface area contributed by atoms with Crippen LogP contribution in [-0.2, 0) is 4.79 Å². The molecule has 0 aliphatic carbocycles. The highest BCUT2D eigenvalue weighted by atomic mass is 19.1. The molecule has 0 aliphatic heterocycles. The minimum Gasteiger partial charge on any atom is -0.468 e. The van der Waals surface area contributed by atoms with E-state index in [9.17, 15) is 19.3 Å². The van der Waals surface area contributed by atoms with E-state index in [2.05, 4.69) is 0 Å². The number of hydrogen-bond donors (Lipinski definition) is 0. The lowest BCUT2D eigenvalue weighted by Gasteiger charge is -2.26. The van der Waals surface area contributed by atoms with Crippen LogP contribution in [0.1, 0.15) is 25.5 Å². The van der Waals surface area contributed by atoms with Crippen LogP contribution in [-0.4, -0.2) is 28.8 Å². The molecule has 0 heterocycles. The van der Waals surface area contributed by atoms with Crippen molar-refractivity contribution in [2.75, 3.05) is 13.1 Å². The number of rotatable bonds is 7. The summed E-state index contributed by atoms with van der Waals surface area (Å²) in [6.07, 6.45) is -1.10. The van der Waals surface area contributed by atoms with Crippen molar-refractivity contribution >= 4 is 11.6 Å². The summed E-state index contributed by atoms with van der Waals surface area (Å²) >= 11 is 0. The quantitative estimate of drug-likeness (QED) is 0.566. The molecule has 0 aliphatic rings. The van der Waals surface area contributed by atoms with Gasteiger partial charge in [-0.15, -0.1) is 0 Å². The number of benzene rings is 2. The molecule has 0 saturated heterocycles. The maximum absolute atomic E-state index is 13.6. The molecule has 7 heteroatoms. The van der Waals surface area contributed by atoms with Crippen molar-refractivity contribution in [1.82, 2.24) is 4.90 Å². The molecule has 132 valence electrons. The number of likely N-dealkylation sites (N-methyl/N-ethyl adjacent to an activating group) is 1. The van der Waals surface area contributed by atoms with Crippen LogP contribution < -0.4 is 4.74 Å². The first-order chi connectivity index (χ1) is 12.0. The van der Waals surface area contributed by atoms with E-state index in [4.69, 9.17) is 4.74 Å². The van der Waals surface area contributed by atoms with Gasteiger partial charge in [-0.1, -0.05) is 30.3 Å². The molecule has 0 aromatic heterocycles. The van der Waals surface area contributed by atoms with Crippen molar-refractivity contribution < 1.29 is 18.8 Å². The Morgan fingerprint density at radius 1 is 1.20 bits per heavy atom. The zero-order chi connectivity index (χ0) is 18.4.